The predicted octanol–water partition coefficient (Wildman–Crippen LogP) is 2.57. The Labute approximate surface area is 103 Å². The van der Waals surface area contributed by atoms with Gasteiger partial charge in [-0.2, -0.15) is 0 Å². The Bertz CT molecular complexity index is 345. The summed E-state index contributed by atoms with van der Waals surface area (Å²) in [5.74, 6) is 1.39. The van der Waals surface area contributed by atoms with Crippen molar-refractivity contribution in [1.29, 1.82) is 0 Å². The second-order valence-electron chi connectivity index (χ2n) is 5.23. The van der Waals surface area contributed by atoms with Crippen LogP contribution < -0.4 is 5.32 Å². The summed E-state index contributed by atoms with van der Waals surface area (Å²) in [7, 11) is 0. The Balaban J connectivity index is 1.67. The minimum absolute atomic E-state index is 0.538. The van der Waals surface area contributed by atoms with Gasteiger partial charge < -0.3 is 4.74 Å². The zero-order valence-electron chi connectivity index (χ0n) is 10.2. The van der Waals surface area contributed by atoms with Crippen molar-refractivity contribution < 1.29 is 4.74 Å². The van der Waals surface area contributed by atoms with Crippen molar-refractivity contribution in [1.82, 2.24) is 5.32 Å². The van der Waals surface area contributed by atoms with E-state index in [0.717, 1.165) is 19.8 Å². The Morgan fingerprint density at radius 3 is 2.76 bits per heavy atom. The molecule has 2 saturated heterocycles. The molecule has 2 aliphatic heterocycles. The van der Waals surface area contributed by atoms with Crippen LogP contribution in [0.15, 0.2) is 30.3 Å². The van der Waals surface area contributed by atoms with Crippen molar-refractivity contribution in [3.8, 4) is 0 Å². The fourth-order valence-electron chi connectivity index (χ4n) is 3.11. The van der Waals surface area contributed by atoms with E-state index < -0.39 is 0 Å². The van der Waals surface area contributed by atoms with Crippen LogP contribution in [0.5, 0.6) is 0 Å². The van der Waals surface area contributed by atoms with Gasteiger partial charge in [0, 0.05) is 25.1 Å². The molecule has 2 heterocycles. The van der Waals surface area contributed by atoms with Crippen molar-refractivity contribution in [2.75, 3.05) is 19.8 Å². The van der Waals surface area contributed by atoms with E-state index >= 15 is 0 Å². The third-order valence-electron chi connectivity index (χ3n) is 4.15. The molecule has 2 unspecified atom stereocenters. The Morgan fingerprint density at radius 2 is 2.00 bits per heavy atom. The van der Waals surface area contributed by atoms with Gasteiger partial charge in [-0.05, 0) is 30.7 Å². The minimum atomic E-state index is 0.538. The predicted molar refractivity (Wildman–Crippen MR) is 68.1 cm³/mol. The highest BCUT2D eigenvalue weighted by atomic mass is 16.5. The maximum atomic E-state index is 5.49. The Morgan fingerprint density at radius 1 is 1.12 bits per heavy atom. The van der Waals surface area contributed by atoms with Gasteiger partial charge in [-0.25, -0.2) is 5.32 Å². The van der Waals surface area contributed by atoms with E-state index in [4.69, 9.17) is 10.1 Å². The standard InChI is InChI=1S/C15H20NO/c1-2-4-12(5-3-1)13-6-8-16-15(10-13)14-7-9-17-11-14/h1-5,13-15H,6-11H2/t13?,14-,15?/m1/s1. The van der Waals surface area contributed by atoms with E-state index in [1.807, 2.05) is 0 Å². The summed E-state index contributed by atoms with van der Waals surface area (Å²) in [5, 5.41) is 4.81. The summed E-state index contributed by atoms with van der Waals surface area (Å²) in [6.07, 6.45) is 3.64. The number of hydrogen-bond donors (Lipinski definition) is 0. The summed E-state index contributed by atoms with van der Waals surface area (Å²) >= 11 is 0. The van der Waals surface area contributed by atoms with Crippen LogP contribution in [0.1, 0.15) is 30.7 Å². The molecule has 0 N–H and O–H groups in total. The van der Waals surface area contributed by atoms with E-state index in [1.165, 1.54) is 24.8 Å². The van der Waals surface area contributed by atoms with Crippen LogP contribution in [0.4, 0.5) is 0 Å². The quantitative estimate of drug-likeness (QED) is 0.766. The molecular weight excluding hydrogens is 210 g/mol. The molecule has 2 fully saturated rings. The molecule has 2 heteroatoms. The number of ether oxygens (including phenoxy) is 1. The highest BCUT2D eigenvalue weighted by Gasteiger charge is 2.31. The van der Waals surface area contributed by atoms with Crippen LogP contribution >= 0.6 is 0 Å². The lowest BCUT2D eigenvalue weighted by Gasteiger charge is -2.32. The average Bonchev–Trinajstić information content (AvgIpc) is 2.94. The molecule has 1 aromatic carbocycles. The van der Waals surface area contributed by atoms with Gasteiger partial charge in [0.25, 0.3) is 0 Å². The largest absolute Gasteiger partial charge is 0.381 e. The maximum absolute atomic E-state index is 5.49. The number of hydrogen-bond acceptors (Lipinski definition) is 1. The smallest absolute Gasteiger partial charge is 0.0510 e. The first-order valence-electron chi connectivity index (χ1n) is 6.73. The lowest BCUT2D eigenvalue weighted by atomic mass is 9.81. The van der Waals surface area contributed by atoms with Gasteiger partial charge in [-0.15, -0.1) is 0 Å². The van der Waals surface area contributed by atoms with E-state index in [0.29, 0.717) is 17.9 Å². The lowest BCUT2D eigenvalue weighted by Crippen LogP contribution is -2.38. The molecule has 2 aliphatic rings. The molecule has 3 rings (SSSR count). The molecule has 17 heavy (non-hydrogen) atoms. The highest BCUT2D eigenvalue weighted by Crippen LogP contribution is 2.32. The minimum Gasteiger partial charge on any atom is -0.381 e. The molecule has 0 amide bonds. The van der Waals surface area contributed by atoms with Crippen molar-refractivity contribution in [2.24, 2.45) is 5.92 Å². The molecule has 0 aromatic heterocycles. The molecule has 3 atom stereocenters. The molecule has 2 nitrogen and oxygen atoms in total. The second-order valence-corrected chi connectivity index (χ2v) is 5.23. The molecular formula is C15H20NO. The second kappa shape index (κ2) is 5.19. The monoisotopic (exact) mass is 230 g/mol. The van der Waals surface area contributed by atoms with Crippen LogP contribution in [0.3, 0.4) is 0 Å². The Hall–Kier alpha value is -0.860. The number of benzene rings is 1. The average molecular weight is 230 g/mol. The van der Waals surface area contributed by atoms with Gasteiger partial charge in [-0.1, -0.05) is 30.3 Å². The zero-order valence-corrected chi connectivity index (χ0v) is 10.2. The molecule has 0 aliphatic carbocycles. The van der Waals surface area contributed by atoms with Gasteiger partial charge in [0.2, 0.25) is 0 Å². The first-order chi connectivity index (χ1) is 8.43. The first kappa shape index (κ1) is 11.2. The number of piperidine rings is 1. The first-order valence-corrected chi connectivity index (χ1v) is 6.73. The summed E-state index contributed by atoms with van der Waals surface area (Å²) in [6.45, 7) is 2.89. The number of nitrogens with zero attached hydrogens (tertiary/aromatic N) is 1. The third-order valence-corrected chi connectivity index (χ3v) is 4.15. The van der Waals surface area contributed by atoms with Crippen molar-refractivity contribution in [3.05, 3.63) is 35.9 Å². The van der Waals surface area contributed by atoms with Gasteiger partial charge in [0.1, 0.15) is 0 Å². The molecule has 0 bridgehead atoms. The molecule has 1 aromatic rings. The van der Waals surface area contributed by atoms with Crippen molar-refractivity contribution >= 4 is 0 Å². The number of rotatable bonds is 2. The van der Waals surface area contributed by atoms with E-state index in [1.54, 1.807) is 0 Å². The van der Waals surface area contributed by atoms with Crippen LogP contribution in [-0.2, 0) is 4.74 Å². The molecule has 91 valence electrons. The SMILES string of the molecule is c1ccc(C2CC[N]C([C@@H]3CCOC3)C2)cc1. The maximum Gasteiger partial charge on any atom is 0.0510 e. The van der Waals surface area contributed by atoms with E-state index in [9.17, 15) is 0 Å². The van der Waals surface area contributed by atoms with Crippen LogP contribution in [0.2, 0.25) is 0 Å². The molecule has 1 radical (unpaired) electrons. The summed E-state index contributed by atoms with van der Waals surface area (Å²) in [5.41, 5.74) is 1.49. The summed E-state index contributed by atoms with van der Waals surface area (Å²) < 4.78 is 5.49. The van der Waals surface area contributed by atoms with Crippen molar-refractivity contribution in [2.45, 2.75) is 31.2 Å². The summed E-state index contributed by atoms with van der Waals surface area (Å²) in [6, 6.07) is 11.5. The molecule has 0 spiro atoms. The van der Waals surface area contributed by atoms with Gasteiger partial charge in [0.15, 0.2) is 0 Å². The van der Waals surface area contributed by atoms with Gasteiger partial charge in [0.05, 0.1) is 6.61 Å². The van der Waals surface area contributed by atoms with Gasteiger partial charge in [-0.3, -0.25) is 0 Å². The van der Waals surface area contributed by atoms with Crippen LogP contribution in [-0.4, -0.2) is 25.8 Å². The fourth-order valence-corrected chi connectivity index (χ4v) is 3.11. The highest BCUT2D eigenvalue weighted by molar-refractivity contribution is 5.20. The van der Waals surface area contributed by atoms with E-state index in [2.05, 4.69) is 30.3 Å². The lowest BCUT2D eigenvalue weighted by molar-refractivity contribution is 0.168. The van der Waals surface area contributed by atoms with Gasteiger partial charge >= 0.3 is 0 Å². The third kappa shape index (κ3) is 2.53. The Kier molecular flexibility index (Phi) is 3.44. The van der Waals surface area contributed by atoms with Crippen molar-refractivity contribution in [3.63, 3.8) is 0 Å². The van der Waals surface area contributed by atoms with Crippen LogP contribution in [0, 0.1) is 5.92 Å². The van der Waals surface area contributed by atoms with E-state index in [-0.39, 0.29) is 0 Å². The molecule has 0 saturated carbocycles. The fraction of sp³-hybridized carbons (Fsp3) is 0.600. The summed E-state index contributed by atoms with van der Waals surface area (Å²) in [4.78, 5) is 0. The zero-order chi connectivity index (χ0) is 11.5. The normalized spacial score (nSPS) is 33.8. The van der Waals surface area contributed by atoms with Crippen LogP contribution in [0.25, 0.3) is 0 Å². The topological polar surface area (TPSA) is 23.3 Å².